The molecule has 0 fully saturated rings. The molecular formula is C20H18O3. The van der Waals surface area contributed by atoms with Gasteiger partial charge in [-0.1, -0.05) is 24.3 Å². The van der Waals surface area contributed by atoms with Gasteiger partial charge in [-0.3, -0.25) is 0 Å². The Kier molecular flexibility index (Phi) is 3.78. The molecule has 0 amide bonds. The molecule has 3 nitrogen and oxygen atoms in total. The molecule has 116 valence electrons. The van der Waals surface area contributed by atoms with E-state index in [1.54, 1.807) is 12.1 Å². The Labute approximate surface area is 134 Å². The lowest BCUT2D eigenvalue weighted by molar-refractivity contribution is 0.0696. The number of aromatic carboxylic acids is 1. The number of carboxylic acid groups (broad SMARTS) is 1. The quantitative estimate of drug-likeness (QED) is 0.700. The zero-order valence-corrected chi connectivity index (χ0v) is 13.4. The van der Waals surface area contributed by atoms with Crippen molar-refractivity contribution in [1.82, 2.24) is 0 Å². The summed E-state index contributed by atoms with van der Waals surface area (Å²) in [5.74, 6) is -0.262. The second-order valence-electron chi connectivity index (χ2n) is 5.69. The lowest BCUT2D eigenvalue weighted by atomic mass is 10.0. The number of fused-ring (bicyclic) bond motifs is 1. The van der Waals surface area contributed by atoms with Crippen LogP contribution in [0.2, 0.25) is 0 Å². The number of aryl methyl sites for hydroxylation is 2. The van der Waals surface area contributed by atoms with Crippen LogP contribution in [-0.2, 0) is 0 Å². The summed E-state index contributed by atoms with van der Waals surface area (Å²) in [4.78, 5) is 11.5. The SMILES string of the molecule is CC=Cc1ccc(-c2cc3cc(C)c(C)cc3o2)cc1C(=O)O. The molecule has 0 radical (unpaired) electrons. The number of rotatable bonds is 3. The van der Waals surface area contributed by atoms with Crippen molar-refractivity contribution in [2.75, 3.05) is 0 Å². The molecule has 0 saturated carbocycles. The van der Waals surface area contributed by atoms with E-state index in [4.69, 9.17) is 4.42 Å². The highest BCUT2D eigenvalue weighted by Gasteiger charge is 2.13. The molecule has 0 unspecified atom stereocenters. The average molecular weight is 306 g/mol. The van der Waals surface area contributed by atoms with E-state index in [1.165, 1.54) is 11.1 Å². The lowest BCUT2D eigenvalue weighted by Gasteiger charge is -2.04. The Balaban J connectivity index is 2.14. The second kappa shape index (κ2) is 5.76. The minimum absolute atomic E-state index is 0.272. The van der Waals surface area contributed by atoms with Crippen LogP contribution in [0, 0.1) is 13.8 Å². The van der Waals surface area contributed by atoms with Gasteiger partial charge in [0.15, 0.2) is 0 Å². The minimum atomic E-state index is -0.942. The molecule has 0 saturated heterocycles. The summed E-state index contributed by atoms with van der Waals surface area (Å²) in [5.41, 5.74) is 4.92. The third-order valence-corrected chi connectivity index (χ3v) is 4.05. The van der Waals surface area contributed by atoms with Gasteiger partial charge in [0, 0.05) is 10.9 Å². The number of carbonyl (C=O) groups is 1. The van der Waals surface area contributed by atoms with E-state index in [9.17, 15) is 9.90 Å². The average Bonchev–Trinajstić information content (AvgIpc) is 2.91. The van der Waals surface area contributed by atoms with Crippen molar-refractivity contribution in [3.05, 3.63) is 64.7 Å². The topological polar surface area (TPSA) is 50.4 Å². The Morgan fingerprint density at radius 2 is 1.83 bits per heavy atom. The van der Waals surface area contributed by atoms with Gasteiger partial charge in [-0.15, -0.1) is 0 Å². The Morgan fingerprint density at radius 1 is 1.09 bits per heavy atom. The maximum atomic E-state index is 11.5. The fourth-order valence-electron chi connectivity index (χ4n) is 2.66. The van der Waals surface area contributed by atoms with Crippen LogP contribution < -0.4 is 0 Å². The highest BCUT2D eigenvalue weighted by molar-refractivity contribution is 5.94. The van der Waals surface area contributed by atoms with Gasteiger partial charge >= 0.3 is 5.97 Å². The van der Waals surface area contributed by atoms with E-state index >= 15 is 0 Å². The first kappa shape index (κ1) is 15.1. The molecular weight excluding hydrogens is 288 g/mol. The fourth-order valence-corrected chi connectivity index (χ4v) is 2.66. The zero-order chi connectivity index (χ0) is 16.6. The van der Waals surface area contributed by atoms with Crippen LogP contribution in [-0.4, -0.2) is 11.1 Å². The van der Waals surface area contributed by atoms with Gasteiger partial charge in [0.05, 0.1) is 5.56 Å². The van der Waals surface area contributed by atoms with Crippen LogP contribution in [0.3, 0.4) is 0 Å². The van der Waals surface area contributed by atoms with Crippen molar-refractivity contribution in [3.63, 3.8) is 0 Å². The molecule has 0 bridgehead atoms. The third-order valence-electron chi connectivity index (χ3n) is 4.05. The van der Waals surface area contributed by atoms with Gasteiger partial charge < -0.3 is 9.52 Å². The van der Waals surface area contributed by atoms with Crippen molar-refractivity contribution in [1.29, 1.82) is 0 Å². The number of benzene rings is 2. The summed E-state index contributed by atoms with van der Waals surface area (Å²) in [7, 11) is 0. The lowest BCUT2D eigenvalue weighted by Crippen LogP contribution is -1.99. The maximum Gasteiger partial charge on any atom is 0.336 e. The first-order chi connectivity index (χ1) is 11.0. The van der Waals surface area contributed by atoms with Gasteiger partial charge in [0.2, 0.25) is 0 Å². The van der Waals surface area contributed by atoms with E-state index in [0.29, 0.717) is 11.3 Å². The third kappa shape index (κ3) is 2.78. The molecule has 3 heteroatoms. The number of hydrogen-bond donors (Lipinski definition) is 1. The molecule has 0 atom stereocenters. The molecule has 1 aromatic heterocycles. The van der Waals surface area contributed by atoms with E-state index in [1.807, 2.05) is 44.2 Å². The summed E-state index contributed by atoms with van der Waals surface area (Å²) in [6.45, 7) is 5.98. The molecule has 1 N–H and O–H groups in total. The van der Waals surface area contributed by atoms with E-state index in [-0.39, 0.29) is 5.56 Å². The minimum Gasteiger partial charge on any atom is -0.478 e. The van der Waals surface area contributed by atoms with Crippen molar-refractivity contribution in [2.24, 2.45) is 0 Å². The summed E-state index contributed by atoms with van der Waals surface area (Å²) in [5, 5.41) is 10.4. The number of allylic oxidation sites excluding steroid dienone is 1. The highest BCUT2D eigenvalue weighted by Crippen LogP contribution is 2.31. The van der Waals surface area contributed by atoms with Gasteiger partial charge in [-0.05, 0) is 61.7 Å². The van der Waals surface area contributed by atoms with Crippen LogP contribution in [0.25, 0.3) is 28.4 Å². The molecule has 1 heterocycles. The summed E-state index contributed by atoms with van der Waals surface area (Å²) in [6.07, 6.45) is 3.62. The van der Waals surface area contributed by atoms with Gasteiger partial charge in [0.1, 0.15) is 11.3 Å². The number of hydrogen-bond acceptors (Lipinski definition) is 2. The standard InChI is InChI=1S/C20H18O3/c1-4-5-14-6-7-15(10-17(14)20(21)22)19-11-16-8-12(2)13(3)9-18(16)23-19/h4-11H,1-3H3,(H,21,22). The highest BCUT2D eigenvalue weighted by atomic mass is 16.4. The van der Waals surface area contributed by atoms with Crippen LogP contribution in [0.15, 0.2) is 46.9 Å². The first-order valence-corrected chi connectivity index (χ1v) is 7.51. The van der Waals surface area contributed by atoms with Crippen molar-refractivity contribution in [3.8, 4) is 11.3 Å². The van der Waals surface area contributed by atoms with Gasteiger partial charge in [-0.2, -0.15) is 0 Å². The van der Waals surface area contributed by atoms with Crippen molar-refractivity contribution in [2.45, 2.75) is 20.8 Å². The molecule has 0 aliphatic rings. The summed E-state index contributed by atoms with van der Waals surface area (Å²) >= 11 is 0. The Hall–Kier alpha value is -2.81. The number of carboxylic acids is 1. The molecule has 0 spiro atoms. The van der Waals surface area contributed by atoms with E-state index < -0.39 is 5.97 Å². The van der Waals surface area contributed by atoms with Crippen molar-refractivity contribution < 1.29 is 14.3 Å². The fraction of sp³-hybridized carbons (Fsp3) is 0.150. The van der Waals surface area contributed by atoms with Crippen LogP contribution in [0.1, 0.15) is 34.0 Å². The van der Waals surface area contributed by atoms with Gasteiger partial charge in [0.25, 0.3) is 0 Å². The summed E-state index contributed by atoms with van der Waals surface area (Å²) < 4.78 is 5.91. The zero-order valence-electron chi connectivity index (χ0n) is 13.4. The molecule has 2 aromatic carbocycles. The van der Waals surface area contributed by atoms with Crippen LogP contribution in [0.4, 0.5) is 0 Å². The van der Waals surface area contributed by atoms with Gasteiger partial charge in [-0.25, -0.2) is 4.79 Å². The van der Waals surface area contributed by atoms with Crippen molar-refractivity contribution >= 4 is 23.0 Å². The first-order valence-electron chi connectivity index (χ1n) is 7.51. The largest absolute Gasteiger partial charge is 0.478 e. The predicted octanol–water partition coefficient (Wildman–Crippen LogP) is 5.45. The normalized spacial score (nSPS) is 11.4. The summed E-state index contributed by atoms with van der Waals surface area (Å²) in [6, 6.07) is 11.4. The molecule has 23 heavy (non-hydrogen) atoms. The Bertz CT molecular complexity index is 890. The van der Waals surface area contributed by atoms with Crippen LogP contribution >= 0.6 is 0 Å². The maximum absolute atomic E-state index is 11.5. The van der Waals surface area contributed by atoms with Crippen LogP contribution in [0.5, 0.6) is 0 Å². The Morgan fingerprint density at radius 3 is 2.52 bits per heavy atom. The molecule has 3 rings (SSSR count). The predicted molar refractivity (Wildman–Crippen MR) is 92.8 cm³/mol. The smallest absolute Gasteiger partial charge is 0.336 e. The van der Waals surface area contributed by atoms with E-state index in [2.05, 4.69) is 13.0 Å². The number of furan rings is 1. The van der Waals surface area contributed by atoms with E-state index in [0.717, 1.165) is 16.5 Å². The monoisotopic (exact) mass is 306 g/mol. The molecule has 3 aromatic rings. The molecule has 0 aliphatic carbocycles. The molecule has 0 aliphatic heterocycles. The second-order valence-corrected chi connectivity index (χ2v) is 5.69.